The Bertz CT molecular complexity index is 1370. The molecule has 1 aromatic heterocycles. The zero-order valence-corrected chi connectivity index (χ0v) is 21.0. The highest BCUT2D eigenvalue weighted by Crippen LogP contribution is 2.31. The molecule has 6 heteroatoms. The molecule has 1 fully saturated rings. The molecular weight excluding hydrogens is 465 g/mol. The number of piperazine rings is 1. The van der Waals surface area contributed by atoms with E-state index in [0.29, 0.717) is 44.2 Å². The second kappa shape index (κ2) is 11.3. The van der Waals surface area contributed by atoms with E-state index < -0.39 is 0 Å². The van der Waals surface area contributed by atoms with E-state index in [1.165, 1.54) is 11.6 Å². The molecule has 5 rings (SSSR count). The zero-order chi connectivity index (χ0) is 25.6. The number of anilines is 1. The van der Waals surface area contributed by atoms with Gasteiger partial charge in [0.2, 0.25) is 0 Å². The van der Waals surface area contributed by atoms with Crippen LogP contribution >= 0.6 is 0 Å². The largest absolute Gasteiger partial charge is 0.489 e. The highest BCUT2D eigenvalue weighted by molar-refractivity contribution is 6.00. The molecule has 1 amide bonds. The van der Waals surface area contributed by atoms with Crippen molar-refractivity contribution in [1.29, 1.82) is 0 Å². The van der Waals surface area contributed by atoms with Crippen LogP contribution in [-0.2, 0) is 13.0 Å². The lowest BCUT2D eigenvalue weighted by molar-refractivity contribution is 0.0736. The molecule has 0 saturated carbocycles. The summed E-state index contributed by atoms with van der Waals surface area (Å²) in [6.07, 6.45) is 3.56. The average molecular weight is 498 g/mol. The van der Waals surface area contributed by atoms with Gasteiger partial charge in [-0.05, 0) is 48.7 Å². The van der Waals surface area contributed by atoms with Gasteiger partial charge in [0.25, 0.3) is 5.91 Å². The lowest BCUT2D eigenvalue weighted by atomic mass is 10.1. The van der Waals surface area contributed by atoms with Crippen molar-refractivity contribution in [2.75, 3.05) is 37.7 Å². The second-order valence-corrected chi connectivity index (χ2v) is 9.29. The molecule has 0 unspecified atom stereocenters. The Hall–Kier alpha value is -4.06. The molecule has 37 heavy (non-hydrogen) atoms. The molecular formula is C31H32FN3O2. The van der Waals surface area contributed by atoms with Gasteiger partial charge in [-0.2, -0.15) is 0 Å². The number of benzene rings is 3. The van der Waals surface area contributed by atoms with Crippen molar-refractivity contribution in [3.05, 3.63) is 109 Å². The first-order valence-electron chi connectivity index (χ1n) is 12.8. The topological polar surface area (TPSA) is 37.7 Å². The summed E-state index contributed by atoms with van der Waals surface area (Å²) in [5.41, 5.74) is 3.53. The average Bonchev–Trinajstić information content (AvgIpc) is 3.31. The summed E-state index contributed by atoms with van der Waals surface area (Å²) in [6, 6.07) is 25.1. The summed E-state index contributed by atoms with van der Waals surface area (Å²) >= 11 is 0. The quantitative estimate of drug-likeness (QED) is 0.269. The van der Waals surface area contributed by atoms with Crippen LogP contribution in [0, 0.1) is 5.82 Å². The van der Waals surface area contributed by atoms with Crippen LogP contribution in [0.25, 0.3) is 10.9 Å². The van der Waals surface area contributed by atoms with Crippen LogP contribution in [-0.4, -0.2) is 48.2 Å². The maximum absolute atomic E-state index is 14.3. The number of aromatic nitrogens is 1. The summed E-state index contributed by atoms with van der Waals surface area (Å²) in [4.78, 5) is 17.7. The molecule has 0 bridgehead atoms. The predicted molar refractivity (Wildman–Crippen MR) is 147 cm³/mol. The van der Waals surface area contributed by atoms with E-state index in [0.717, 1.165) is 36.0 Å². The lowest BCUT2D eigenvalue weighted by Crippen LogP contribution is -2.49. The van der Waals surface area contributed by atoms with Crippen molar-refractivity contribution in [3.63, 3.8) is 0 Å². The number of aryl methyl sites for hydroxylation is 2. The van der Waals surface area contributed by atoms with Gasteiger partial charge in [-0.15, -0.1) is 0 Å². The van der Waals surface area contributed by atoms with Crippen molar-refractivity contribution in [2.45, 2.75) is 19.4 Å². The van der Waals surface area contributed by atoms with Crippen LogP contribution in [0.15, 0.2) is 91.5 Å². The Morgan fingerprint density at radius 1 is 0.946 bits per heavy atom. The molecule has 0 radical (unpaired) electrons. The fourth-order valence-electron chi connectivity index (χ4n) is 5.06. The van der Waals surface area contributed by atoms with Gasteiger partial charge in [-0.1, -0.05) is 61.2 Å². The number of ether oxygens (including phenoxy) is 1. The first-order valence-corrected chi connectivity index (χ1v) is 12.8. The molecule has 2 heterocycles. The van der Waals surface area contributed by atoms with Crippen molar-refractivity contribution >= 4 is 22.5 Å². The fourth-order valence-corrected chi connectivity index (χ4v) is 5.06. The number of fused-ring (bicyclic) bond motifs is 1. The molecule has 0 spiro atoms. The number of halogens is 1. The smallest absolute Gasteiger partial charge is 0.270 e. The maximum Gasteiger partial charge on any atom is 0.270 e. The number of rotatable bonds is 9. The molecule has 1 saturated heterocycles. The second-order valence-electron chi connectivity index (χ2n) is 9.29. The summed E-state index contributed by atoms with van der Waals surface area (Å²) in [7, 11) is 0. The third-order valence-corrected chi connectivity index (χ3v) is 6.93. The molecule has 3 aromatic carbocycles. The van der Waals surface area contributed by atoms with Crippen LogP contribution in [0.1, 0.15) is 22.5 Å². The number of nitrogens with zero attached hydrogens (tertiary/aromatic N) is 3. The summed E-state index contributed by atoms with van der Waals surface area (Å²) in [6.45, 7) is 7.14. The van der Waals surface area contributed by atoms with Gasteiger partial charge in [0.15, 0.2) is 0 Å². The van der Waals surface area contributed by atoms with Crippen LogP contribution in [0.3, 0.4) is 0 Å². The Morgan fingerprint density at radius 2 is 1.70 bits per heavy atom. The normalized spacial score (nSPS) is 13.6. The number of hydrogen-bond donors (Lipinski definition) is 0. The third-order valence-electron chi connectivity index (χ3n) is 6.93. The van der Waals surface area contributed by atoms with Gasteiger partial charge in [0.05, 0.1) is 11.2 Å². The molecule has 4 aromatic rings. The van der Waals surface area contributed by atoms with Crippen LogP contribution in [0.2, 0.25) is 0 Å². The molecule has 0 N–H and O–H groups in total. The minimum absolute atomic E-state index is 0.00114. The highest BCUT2D eigenvalue weighted by Gasteiger charge is 2.27. The van der Waals surface area contributed by atoms with E-state index in [1.807, 2.05) is 46.2 Å². The molecule has 190 valence electrons. The van der Waals surface area contributed by atoms with E-state index in [9.17, 15) is 9.18 Å². The monoisotopic (exact) mass is 497 g/mol. The van der Waals surface area contributed by atoms with Gasteiger partial charge < -0.3 is 19.1 Å². The Labute approximate surface area is 217 Å². The molecule has 0 aliphatic carbocycles. The summed E-state index contributed by atoms with van der Waals surface area (Å²) in [5.74, 6) is 0.518. The fraction of sp³-hybridized carbons (Fsp3) is 0.258. The van der Waals surface area contributed by atoms with Crippen molar-refractivity contribution < 1.29 is 13.9 Å². The van der Waals surface area contributed by atoms with Gasteiger partial charge >= 0.3 is 0 Å². The highest BCUT2D eigenvalue weighted by atomic mass is 19.1. The Balaban J connectivity index is 1.38. The standard InChI is InChI=1S/C31H32FN3O2/c1-2-22-37-30-16-8-15-27-25(30)23-29(35(27)17-9-12-24-10-4-3-5-11-24)31(36)34-20-18-33(19-21-34)28-14-7-6-13-26(28)32/h2-8,10-11,13-16,23H,1,9,12,17-22H2. The third kappa shape index (κ3) is 5.38. The van der Waals surface area contributed by atoms with Gasteiger partial charge in [-0.25, -0.2) is 4.39 Å². The van der Waals surface area contributed by atoms with E-state index in [4.69, 9.17) is 4.74 Å². The minimum Gasteiger partial charge on any atom is -0.489 e. The van der Waals surface area contributed by atoms with Crippen LogP contribution < -0.4 is 9.64 Å². The lowest BCUT2D eigenvalue weighted by Gasteiger charge is -2.36. The first kappa shape index (κ1) is 24.6. The van der Waals surface area contributed by atoms with E-state index in [-0.39, 0.29) is 11.7 Å². The van der Waals surface area contributed by atoms with Gasteiger partial charge in [-0.3, -0.25) is 4.79 Å². The first-order chi connectivity index (χ1) is 18.2. The Kier molecular flexibility index (Phi) is 7.54. The van der Waals surface area contributed by atoms with E-state index in [2.05, 4.69) is 35.4 Å². The number of hydrogen-bond acceptors (Lipinski definition) is 3. The Morgan fingerprint density at radius 3 is 2.46 bits per heavy atom. The molecule has 5 nitrogen and oxygen atoms in total. The van der Waals surface area contributed by atoms with Crippen LogP contribution in [0.4, 0.5) is 10.1 Å². The number of carbonyl (C=O) groups is 1. The number of carbonyl (C=O) groups excluding carboxylic acids is 1. The summed E-state index contributed by atoms with van der Waals surface area (Å²) in [5, 5.41) is 0.928. The van der Waals surface area contributed by atoms with E-state index in [1.54, 1.807) is 18.2 Å². The van der Waals surface area contributed by atoms with Gasteiger partial charge in [0.1, 0.15) is 23.9 Å². The van der Waals surface area contributed by atoms with Crippen molar-refractivity contribution in [3.8, 4) is 5.75 Å². The zero-order valence-electron chi connectivity index (χ0n) is 21.0. The SMILES string of the molecule is C=CCOc1cccc2c1cc(C(=O)N1CCN(c3ccccc3F)CC1)n2CCCc1ccccc1. The molecule has 0 atom stereocenters. The maximum atomic E-state index is 14.3. The summed E-state index contributed by atoms with van der Waals surface area (Å²) < 4.78 is 22.3. The number of amides is 1. The minimum atomic E-state index is -0.229. The predicted octanol–water partition coefficient (Wildman–Crippen LogP) is 5.94. The van der Waals surface area contributed by atoms with Crippen molar-refractivity contribution in [2.24, 2.45) is 0 Å². The number of para-hydroxylation sites is 1. The molecule has 1 aliphatic heterocycles. The van der Waals surface area contributed by atoms with E-state index >= 15 is 0 Å². The van der Waals surface area contributed by atoms with Gasteiger partial charge in [0, 0.05) is 38.1 Å². The van der Waals surface area contributed by atoms with Crippen molar-refractivity contribution in [1.82, 2.24) is 9.47 Å². The van der Waals surface area contributed by atoms with Crippen LogP contribution in [0.5, 0.6) is 5.75 Å². The molecule has 1 aliphatic rings.